The lowest BCUT2D eigenvalue weighted by molar-refractivity contribution is -0.107. The zero-order chi connectivity index (χ0) is 15.4. The minimum atomic E-state index is 0.754. The van der Waals surface area contributed by atoms with Crippen LogP contribution in [0.15, 0.2) is 0 Å². The van der Waals surface area contributed by atoms with E-state index in [0.717, 1.165) is 31.7 Å². The van der Waals surface area contributed by atoms with Gasteiger partial charge in [-0.2, -0.15) is 0 Å². The van der Waals surface area contributed by atoms with Crippen LogP contribution in [0.5, 0.6) is 0 Å². The average molecular weight is 317 g/mol. The van der Waals surface area contributed by atoms with Crippen molar-refractivity contribution in [1.82, 2.24) is 0 Å². The van der Waals surface area contributed by atoms with Crippen LogP contribution in [0.25, 0.3) is 0 Å². The minimum absolute atomic E-state index is 0.754. The van der Waals surface area contributed by atoms with Gasteiger partial charge in [0.25, 0.3) is 0 Å². The lowest BCUT2D eigenvalue weighted by atomic mass is 10.0. The van der Waals surface area contributed by atoms with Crippen molar-refractivity contribution < 1.29 is 9.53 Å². The fourth-order valence-electron chi connectivity index (χ4n) is 2.52. The Hall–Kier alpha value is -0.0200. The minimum Gasteiger partial charge on any atom is -0.371 e. The van der Waals surface area contributed by atoms with Gasteiger partial charge < -0.3 is 9.53 Å². The monoisotopic (exact) mass is 316 g/mol. The number of aldehydes is 1. The highest BCUT2D eigenvalue weighted by molar-refractivity contribution is 7.98. The number of rotatable bonds is 18. The topological polar surface area (TPSA) is 26.3 Å². The molecule has 0 aliphatic rings. The Balaban J connectivity index is 2.91. The summed E-state index contributed by atoms with van der Waals surface area (Å²) in [5.41, 5.74) is 0. The summed E-state index contributed by atoms with van der Waals surface area (Å²) in [6.07, 6.45) is 21.2. The van der Waals surface area contributed by atoms with Gasteiger partial charge in [0.2, 0.25) is 0 Å². The molecule has 0 amide bonds. The number of hydrogen-bond acceptors (Lipinski definition) is 3. The number of thioether (sulfide) groups is 1. The summed E-state index contributed by atoms with van der Waals surface area (Å²) >= 11 is 1.75. The molecule has 126 valence electrons. The molecule has 0 saturated carbocycles. The predicted octanol–water partition coefficient (Wildman–Crippen LogP) is 5.98. The third kappa shape index (κ3) is 20.0. The second-order valence-electron chi connectivity index (χ2n) is 5.87. The van der Waals surface area contributed by atoms with E-state index < -0.39 is 0 Å². The highest BCUT2D eigenvalue weighted by Crippen LogP contribution is 2.12. The van der Waals surface area contributed by atoms with Gasteiger partial charge in [-0.15, -0.1) is 11.8 Å². The molecule has 3 heteroatoms. The summed E-state index contributed by atoms with van der Waals surface area (Å²) in [6.45, 7) is 0.938. The van der Waals surface area contributed by atoms with E-state index in [0.29, 0.717) is 0 Å². The SMILES string of the molecule is CSCOCCCCCCCCCCCCCCCC=O. The van der Waals surface area contributed by atoms with Crippen LogP contribution in [0, 0.1) is 0 Å². The molecular weight excluding hydrogens is 280 g/mol. The summed E-state index contributed by atoms with van der Waals surface area (Å²) in [4.78, 5) is 10.2. The summed E-state index contributed by atoms with van der Waals surface area (Å²) in [5.74, 6) is 0.844. The smallest absolute Gasteiger partial charge is 0.119 e. The second kappa shape index (κ2) is 20.0. The maximum absolute atomic E-state index is 10.2. The fraction of sp³-hybridized carbons (Fsp3) is 0.944. The van der Waals surface area contributed by atoms with E-state index in [9.17, 15) is 4.79 Å². The van der Waals surface area contributed by atoms with E-state index >= 15 is 0 Å². The van der Waals surface area contributed by atoms with Crippen molar-refractivity contribution >= 4 is 18.0 Å². The van der Waals surface area contributed by atoms with Gasteiger partial charge in [-0.3, -0.25) is 0 Å². The summed E-state index contributed by atoms with van der Waals surface area (Å²) in [7, 11) is 0. The zero-order valence-corrected chi connectivity index (χ0v) is 14.9. The van der Waals surface area contributed by atoms with Crippen molar-refractivity contribution in [2.75, 3.05) is 18.8 Å². The Kier molecular flexibility index (Phi) is 20.0. The molecule has 0 N–H and O–H groups in total. The third-order valence-corrected chi connectivity index (χ3v) is 4.21. The molecule has 0 atom stereocenters. The summed E-state index contributed by atoms with van der Waals surface area (Å²) in [5, 5.41) is 0. The number of ether oxygens (including phenoxy) is 1. The van der Waals surface area contributed by atoms with Crippen molar-refractivity contribution in [3.63, 3.8) is 0 Å². The summed E-state index contributed by atoms with van der Waals surface area (Å²) in [6, 6.07) is 0. The van der Waals surface area contributed by atoms with Gasteiger partial charge >= 0.3 is 0 Å². The van der Waals surface area contributed by atoms with E-state index in [2.05, 4.69) is 6.26 Å². The molecule has 0 aromatic rings. The molecule has 0 spiro atoms. The van der Waals surface area contributed by atoms with Crippen LogP contribution < -0.4 is 0 Å². The standard InChI is InChI=1S/C18H36O2S/c1-21-18-20-17-15-13-11-9-7-5-3-2-4-6-8-10-12-14-16-19/h16H,2-15,17-18H2,1H3. The van der Waals surface area contributed by atoms with E-state index in [1.807, 2.05) is 0 Å². The first-order valence-electron chi connectivity index (χ1n) is 8.92. The molecule has 2 nitrogen and oxygen atoms in total. The molecular formula is C18H36O2S. The van der Waals surface area contributed by atoms with Gasteiger partial charge in [0, 0.05) is 13.0 Å². The van der Waals surface area contributed by atoms with Crippen LogP contribution in [0.1, 0.15) is 89.9 Å². The van der Waals surface area contributed by atoms with Crippen LogP contribution in [0.3, 0.4) is 0 Å². The Morgan fingerprint density at radius 1 is 0.714 bits per heavy atom. The first kappa shape index (κ1) is 21.0. The Morgan fingerprint density at radius 3 is 1.57 bits per heavy atom. The van der Waals surface area contributed by atoms with Gasteiger partial charge in [0.1, 0.15) is 6.29 Å². The lowest BCUT2D eigenvalue weighted by Crippen LogP contribution is -1.93. The Labute approximate surface area is 136 Å². The second-order valence-corrected chi connectivity index (χ2v) is 6.68. The van der Waals surface area contributed by atoms with Gasteiger partial charge in [0.05, 0.1) is 5.94 Å². The first-order valence-corrected chi connectivity index (χ1v) is 10.3. The first-order chi connectivity index (χ1) is 10.4. The molecule has 0 radical (unpaired) electrons. The molecule has 0 fully saturated rings. The van der Waals surface area contributed by atoms with Crippen molar-refractivity contribution in [1.29, 1.82) is 0 Å². The van der Waals surface area contributed by atoms with E-state index in [4.69, 9.17) is 4.74 Å². The molecule has 0 bridgehead atoms. The summed E-state index contributed by atoms with van der Waals surface area (Å²) < 4.78 is 5.44. The third-order valence-electron chi connectivity index (χ3n) is 3.81. The number of carbonyl (C=O) groups is 1. The maximum atomic E-state index is 10.2. The Bertz CT molecular complexity index is 198. The van der Waals surface area contributed by atoms with Crippen molar-refractivity contribution in [2.24, 2.45) is 0 Å². The van der Waals surface area contributed by atoms with Crippen LogP contribution in [-0.2, 0) is 9.53 Å². The van der Waals surface area contributed by atoms with Gasteiger partial charge in [0.15, 0.2) is 0 Å². The molecule has 0 saturated heterocycles. The van der Waals surface area contributed by atoms with Crippen molar-refractivity contribution in [3.8, 4) is 0 Å². The molecule has 0 aromatic carbocycles. The lowest BCUT2D eigenvalue weighted by Gasteiger charge is -2.03. The largest absolute Gasteiger partial charge is 0.371 e. The van der Waals surface area contributed by atoms with E-state index in [1.54, 1.807) is 11.8 Å². The quantitative estimate of drug-likeness (QED) is 0.177. The number of carbonyl (C=O) groups excluding carboxylic acids is 1. The van der Waals surface area contributed by atoms with E-state index in [1.165, 1.54) is 77.0 Å². The van der Waals surface area contributed by atoms with E-state index in [-0.39, 0.29) is 0 Å². The van der Waals surface area contributed by atoms with Crippen LogP contribution in [0.4, 0.5) is 0 Å². The molecule has 0 heterocycles. The molecule has 0 aliphatic carbocycles. The molecule has 0 rings (SSSR count). The molecule has 0 aliphatic heterocycles. The van der Waals surface area contributed by atoms with Gasteiger partial charge in [-0.1, -0.05) is 70.6 Å². The van der Waals surface area contributed by atoms with Crippen LogP contribution in [-0.4, -0.2) is 25.1 Å². The van der Waals surface area contributed by atoms with Crippen molar-refractivity contribution in [3.05, 3.63) is 0 Å². The Morgan fingerprint density at radius 2 is 1.14 bits per heavy atom. The highest BCUT2D eigenvalue weighted by atomic mass is 32.2. The van der Waals surface area contributed by atoms with Crippen LogP contribution in [0.2, 0.25) is 0 Å². The van der Waals surface area contributed by atoms with Gasteiger partial charge in [-0.25, -0.2) is 0 Å². The highest BCUT2D eigenvalue weighted by Gasteiger charge is 1.94. The average Bonchev–Trinajstić information content (AvgIpc) is 2.50. The fourth-order valence-corrected chi connectivity index (χ4v) is 2.80. The molecule has 0 aromatic heterocycles. The maximum Gasteiger partial charge on any atom is 0.119 e. The molecule has 0 unspecified atom stereocenters. The van der Waals surface area contributed by atoms with Crippen LogP contribution >= 0.6 is 11.8 Å². The van der Waals surface area contributed by atoms with Crippen molar-refractivity contribution in [2.45, 2.75) is 89.9 Å². The van der Waals surface area contributed by atoms with Gasteiger partial charge in [-0.05, 0) is 19.1 Å². The predicted molar refractivity (Wildman–Crippen MR) is 95.0 cm³/mol. The number of hydrogen-bond donors (Lipinski definition) is 0. The zero-order valence-electron chi connectivity index (χ0n) is 14.1. The number of unbranched alkanes of at least 4 members (excludes halogenated alkanes) is 13. The molecule has 21 heavy (non-hydrogen) atoms. The normalized spacial score (nSPS) is 10.9.